The number of nitrogens with zero attached hydrogens (tertiary/aromatic N) is 6. The zero-order valence-corrected chi connectivity index (χ0v) is 19.0. The van der Waals surface area contributed by atoms with Crippen molar-refractivity contribution in [3.8, 4) is 0 Å². The van der Waals surface area contributed by atoms with Crippen LogP contribution in [0, 0.1) is 0 Å². The van der Waals surface area contributed by atoms with Gasteiger partial charge in [0.2, 0.25) is 0 Å². The monoisotopic (exact) mass is 438 g/mol. The van der Waals surface area contributed by atoms with Gasteiger partial charge in [-0.05, 0) is 50.6 Å². The van der Waals surface area contributed by atoms with Gasteiger partial charge in [0, 0.05) is 56.9 Å². The van der Waals surface area contributed by atoms with Crippen LogP contribution in [-0.4, -0.2) is 70.7 Å². The Kier molecular flexibility index (Phi) is 6.02. The van der Waals surface area contributed by atoms with Gasteiger partial charge in [0.25, 0.3) is 5.56 Å². The number of pyridine rings is 1. The molecule has 2 aliphatic heterocycles. The molecule has 0 aliphatic carbocycles. The highest BCUT2D eigenvalue weighted by Crippen LogP contribution is 2.31. The Labute approximate surface area is 186 Å². The maximum atomic E-state index is 13.1. The van der Waals surface area contributed by atoms with Crippen molar-refractivity contribution in [3.05, 3.63) is 51.5 Å². The van der Waals surface area contributed by atoms with Crippen molar-refractivity contribution in [2.45, 2.75) is 32.4 Å². The average molecular weight is 439 g/mol. The molecule has 2 aliphatic rings. The average Bonchev–Trinajstić information content (AvgIpc) is 3.17. The molecule has 0 bridgehead atoms. The molecular weight excluding hydrogens is 408 g/mol. The van der Waals surface area contributed by atoms with Gasteiger partial charge in [0.15, 0.2) is 0 Å². The third-order valence-electron chi connectivity index (χ3n) is 6.49. The molecule has 0 aromatic carbocycles. The van der Waals surface area contributed by atoms with Crippen LogP contribution in [-0.2, 0) is 19.5 Å². The second-order valence-corrected chi connectivity index (χ2v) is 9.72. The minimum atomic E-state index is 0.149. The van der Waals surface area contributed by atoms with Crippen LogP contribution in [0.5, 0.6) is 0 Å². The number of thiophene rings is 1. The van der Waals surface area contributed by atoms with Gasteiger partial charge in [-0.25, -0.2) is 9.97 Å². The number of fused-ring (bicyclic) bond motifs is 3. The number of anilines is 1. The number of unbranched alkanes of at least 4 members (excludes halogenated alkanes) is 1. The molecule has 5 rings (SSSR count). The van der Waals surface area contributed by atoms with E-state index in [-0.39, 0.29) is 5.56 Å². The summed E-state index contributed by atoms with van der Waals surface area (Å²) >= 11 is 1.69. The minimum absolute atomic E-state index is 0.149. The molecule has 0 atom stereocenters. The van der Waals surface area contributed by atoms with Crippen LogP contribution in [0.1, 0.15) is 23.3 Å². The van der Waals surface area contributed by atoms with Gasteiger partial charge in [-0.2, -0.15) is 0 Å². The summed E-state index contributed by atoms with van der Waals surface area (Å²) in [7, 11) is 2.14. The van der Waals surface area contributed by atoms with E-state index in [1.165, 1.54) is 10.4 Å². The number of hydrogen-bond donors (Lipinski definition) is 0. The predicted octanol–water partition coefficient (Wildman–Crippen LogP) is 2.44. The van der Waals surface area contributed by atoms with Crippen molar-refractivity contribution in [1.82, 2.24) is 24.3 Å². The smallest absolute Gasteiger partial charge is 0.262 e. The third-order valence-corrected chi connectivity index (χ3v) is 7.61. The summed E-state index contributed by atoms with van der Waals surface area (Å²) < 4.78 is 1.83. The van der Waals surface area contributed by atoms with E-state index in [1.54, 1.807) is 17.7 Å². The van der Waals surface area contributed by atoms with E-state index in [4.69, 9.17) is 0 Å². The molecule has 1 fully saturated rings. The summed E-state index contributed by atoms with van der Waals surface area (Å²) in [5, 5.41) is 0.876. The molecule has 0 spiro atoms. The van der Waals surface area contributed by atoms with Crippen molar-refractivity contribution in [2.24, 2.45) is 0 Å². The SMILES string of the molecule is CN1CCc2c(sc3ncn(CCCCN4CCN(c5ccccn5)CC4)c(=O)c23)C1. The third kappa shape index (κ3) is 4.37. The number of piperazine rings is 1. The van der Waals surface area contributed by atoms with Crippen molar-refractivity contribution in [2.75, 3.05) is 51.2 Å². The fourth-order valence-electron chi connectivity index (χ4n) is 4.66. The molecule has 5 heterocycles. The maximum absolute atomic E-state index is 13.1. The van der Waals surface area contributed by atoms with Crippen LogP contribution in [0.3, 0.4) is 0 Å². The molecule has 3 aromatic rings. The van der Waals surface area contributed by atoms with Crippen LogP contribution >= 0.6 is 11.3 Å². The topological polar surface area (TPSA) is 57.5 Å². The van der Waals surface area contributed by atoms with E-state index in [9.17, 15) is 4.79 Å². The Hall–Kier alpha value is -2.29. The number of aryl methyl sites for hydroxylation is 1. The van der Waals surface area contributed by atoms with E-state index >= 15 is 0 Å². The number of rotatable bonds is 6. The molecule has 8 heteroatoms. The van der Waals surface area contributed by atoms with Crippen LogP contribution < -0.4 is 10.5 Å². The number of aromatic nitrogens is 3. The summed E-state index contributed by atoms with van der Waals surface area (Å²) in [4.78, 5) is 31.6. The second-order valence-electron chi connectivity index (χ2n) is 8.64. The van der Waals surface area contributed by atoms with E-state index in [0.717, 1.165) is 87.7 Å². The Morgan fingerprint density at radius 1 is 1.03 bits per heavy atom. The lowest BCUT2D eigenvalue weighted by molar-refractivity contribution is 0.250. The first-order chi connectivity index (χ1) is 15.2. The van der Waals surface area contributed by atoms with Crippen LogP contribution in [0.2, 0.25) is 0 Å². The summed E-state index contributed by atoms with van der Waals surface area (Å²) in [6, 6.07) is 6.10. The van der Waals surface area contributed by atoms with Crippen LogP contribution in [0.4, 0.5) is 5.82 Å². The normalized spacial score (nSPS) is 17.9. The highest BCUT2D eigenvalue weighted by molar-refractivity contribution is 7.18. The molecule has 3 aromatic heterocycles. The Bertz CT molecular complexity index is 1090. The van der Waals surface area contributed by atoms with Gasteiger partial charge >= 0.3 is 0 Å². The number of likely N-dealkylation sites (N-methyl/N-ethyl adjacent to an activating group) is 1. The van der Waals surface area contributed by atoms with E-state index < -0.39 is 0 Å². The summed E-state index contributed by atoms with van der Waals surface area (Å²) in [5.41, 5.74) is 1.40. The molecule has 0 radical (unpaired) electrons. The fraction of sp³-hybridized carbons (Fsp3) is 0.522. The van der Waals surface area contributed by atoms with Crippen LogP contribution in [0.25, 0.3) is 10.2 Å². The minimum Gasteiger partial charge on any atom is -0.354 e. The lowest BCUT2D eigenvalue weighted by Crippen LogP contribution is -2.46. The molecule has 0 amide bonds. The first-order valence-corrected chi connectivity index (χ1v) is 12.1. The van der Waals surface area contributed by atoms with Gasteiger partial charge in [-0.3, -0.25) is 14.3 Å². The van der Waals surface area contributed by atoms with Crippen molar-refractivity contribution >= 4 is 27.4 Å². The zero-order valence-electron chi connectivity index (χ0n) is 18.2. The summed E-state index contributed by atoms with van der Waals surface area (Å²) in [6.45, 7) is 7.97. The first kappa shape index (κ1) is 20.6. The molecule has 1 saturated heterocycles. The van der Waals surface area contributed by atoms with Gasteiger partial charge < -0.3 is 9.80 Å². The Morgan fingerprint density at radius 3 is 2.68 bits per heavy atom. The molecule has 7 nitrogen and oxygen atoms in total. The lowest BCUT2D eigenvalue weighted by atomic mass is 10.1. The second kappa shape index (κ2) is 9.06. The van der Waals surface area contributed by atoms with Gasteiger partial charge in [0.05, 0.1) is 11.7 Å². The fourth-order valence-corrected chi connectivity index (χ4v) is 5.92. The van der Waals surface area contributed by atoms with Crippen LogP contribution in [0.15, 0.2) is 35.5 Å². The molecule has 0 saturated carbocycles. The Morgan fingerprint density at radius 2 is 1.87 bits per heavy atom. The highest BCUT2D eigenvalue weighted by Gasteiger charge is 2.22. The van der Waals surface area contributed by atoms with Gasteiger partial charge in [-0.1, -0.05) is 6.07 Å². The Balaban J connectivity index is 1.14. The van der Waals surface area contributed by atoms with Gasteiger partial charge in [-0.15, -0.1) is 11.3 Å². The largest absolute Gasteiger partial charge is 0.354 e. The molecule has 0 N–H and O–H groups in total. The predicted molar refractivity (Wildman–Crippen MR) is 126 cm³/mol. The van der Waals surface area contributed by atoms with E-state index in [0.29, 0.717) is 0 Å². The van der Waals surface area contributed by atoms with E-state index in [1.807, 2.05) is 22.9 Å². The highest BCUT2D eigenvalue weighted by atomic mass is 32.1. The molecule has 31 heavy (non-hydrogen) atoms. The van der Waals surface area contributed by atoms with E-state index in [2.05, 4.69) is 37.8 Å². The summed E-state index contributed by atoms with van der Waals surface area (Å²) in [5.74, 6) is 1.08. The van der Waals surface area contributed by atoms with Crippen molar-refractivity contribution in [3.63, 3.8) is 0 Å². The molecular formula is C23H30N6OS. The molecule has 164 valence electrons. The van der Waals surface area contributed by atoms with Crippen molar-refractivity contribution in [1.29, 1.82) is 0 Å². The first-order valence-electron chi connectivity index (χ1n) is 11.3. The van der Waals surface area contributed by atoms with Crippen molar-refractivity contribution < 1.29 is 0 Å². The van der Waals surface area contributed by atoms with Gasteiger partial charge in [0.1, 0.15) is 10.6 Å². The quantitative estimate of drug-likeness (QED) is 0.551. The maximum Gasteiger partial charge on any atom is 0.262 e. The zero-order chi connectivity index (χ0) is 21.2. The molecule has 0 unspecified atom stereocenters. The summed E-state index contributed by atoms with van der Waals surface area (Å²) in [6.07, 6.45) is 6.67. The number of hydrogen-bond acceptors (Lipinski definition) is 7. The lowest BCUT2D eigenvalue weighted by Gasteiger charge is -2.35. The standard InChI is InChI=1S/C23H30N6OS/c1-26-11-7-18-19(16-26)31-22-21(18)23(30)29(17-25-22)10-5-4-9-27-12-14-28(15-13-27)20-6-2-3-8-24-20/h2-3,6,8,17H,4-5,7,9-16H2,1H3.